The van der Waals surface area contributed by atoms with E-state index in [0.717, 1.165) is 11.3 Å². The molecule has 0 aliphatic rings. The van der Waals surface area contributed by atoms with E-state index in [0.29, 0.717) is 0 Å². The van der Waals surface area contributed by atoms with Crippen LogP contribution < -0.4 is 10.6 Å². The fraction of sp³-hybridized carbons (Fsp3) is 0.538. The third-order valence-electron chi connectivity index (χ3n) is 2.65. The number of hydrogen-bond acceptors (Lipinski definition) is 3. The Morgan fingerprint density at radius 2 is 2.16 bits per heavy atom. The Hall–Kier alpha value is -1.56. The van der Waals surface area contributed by atoms with Crippen LogP contribution in [0.3, 0.4) is 0 Å². The van der Waals surface area contributed by atoms with Crippen LogP contribution in [0.25, 0.3) is 0 Å². The van der Waals surface area contributed by atoms with E-state index in [-0.39, 0.29) is 18.5 Å². The number of amides is 2. The summed E-state index contributed by atoms with van der Waals surface area (Å²) in [6.45, 7) is 5.37. The molecule has 19 heavy (non-hydrogen) atoms. The Bertz CT molecular complexity index is 429. The molecule has 1 rings (SSSR count). The molecule has 1 atom stereocenters. The van der Waals surface area contributed by atoms with Crippen LogP contribution in [-0.2, 0) is 4.79 Å². The normalized spacial score (nSPS) is 12.8. The number of carboxylic acid groups (broad SMARTS) is 1. The maximum absolute atomic E-state index is 11.9. The van der Waals surface area contributed by atoms with Crippen LogP contribution >= 0.6 is 11.3 Å². The minimum atomic E-state index is -0.935. The second-order valence-corrected chi connectivity index (χ2v) is 6.01. The molecule has 0 saturated heterocycles. The number of hydrogen-bond donors (Lipinski definition) is 3. The summed E-state index contributed by atoms with van der Waals surface area (Å²) in [4.78, 5) is 23.7. The van der Waals surface area contributed by atoms with Crippen LogP contribution in [0.15, 0.2) is 17.5 Å². The molecule has 0 saturated carbocycles. The van der Waals surface area contributed by atoms with E-state index < -0.39 is 11.5 Å². The van der Waals surface area contributed by atoms with E-state index in [1.54, 1.807) is 25.2 Å². The van der Waals surface area contributed by atoms with Gasteiger partial charge in [-0.2, -0.15) is 0 Å². The number of nitrogens with one attached hydrogen (secondary N) is 2. The Morgan fingerprint density at radius 1 is 1.47 bits per heavy atom. The first-order valence-electron chi connectivity index (χ1n) is 6.18. The number of carboxylic acids is 1. The van der Waals surface area contributed by atoms with Crippen molar-refractivity contribution >= 4 is 23.3 Å². The highest BCUT2D eigenvalue weighted by atomic mass is 32.1. The zero-order valence-electron chi connectivity index (χ0n) is 11.4. The van der Waals surface area contributed by atoms with E-state index in [1.807, 2.05) is 24.4 Å². The maximum atomic E-state index is 11.9. The topological polar surface area (TPSA) is 78.4 Å². The lowest BCUT2D eigenvalue weighted by atomic mass is 10.0. The van der Waals surface area contributed by atoms with Crippen molar-refractivity contribution in [2.75, 3.05) is 0 Å². The average Bonchev–Trinajstić information content (AvgIpc) is 2.76. The lowest BCUT2D eigenvalue weighted by Gasteiger charge is -2.26. The summed E-state index contributed by atoms with van der Waals surface area (Å²) in [5.41, 5.74) is -0.774. The summed E-state index contributed by atoms with van der Waals surface area (Å²) in [6.07, 6.45) is 0.670. The third-order valence-corrected chi connectivity index (χ3v) is 3.63. The molecule has 6 heteroatoms. The molecule has 0 aromatic carbocycles. The van der Waals surface area contributed by atoms with Gasteiger partial charge in [-0.3, -0.25) is 4.79 Å². The van der Waals surface area contributed by atoms with Crippen molar-refractivity contribution in [1.82, 2.24) is 10.6 Å². The van der Waals surface area contributed by atoms with Crippen molar-refractivity contribution in [3.8, 4) is 0 Å². The van der Waals surface area contributed by atoms with Gasteiger partial charge in [-0.25, -0.2) is 4.79 Å². The van der Waals surface area contributed by atoms with Gasteiger partial charge in [0.2, 0.25) is 0 Å². The number of carbonyl (C=O) groups excluding carboxylic acids is 1. The van der Waals surface area contributed by atoms with Crippen molar-refractivity contribution in [2.45, 2.75) is 45.2 Å². The number of aliphatic carboxylic acids is 1. The van der Waals surface area contributed by atoms with Crippen LogP contribution in [0.5, 0.6) is 0 Å². The maximum Gasteiger partial charge on any atom is 0.315 e. The first-order chi connectivity index (χ1) is 8.84. The quantitative estimate of drug-likeness (QED) is 0.751. The van der Waals surface area contributed by atoms with E-state index >= 15 is 0 Å². The lowest BCUT2D eigenvalue weighted by molar-refractivity contribution is -0.138. The first-order valence-corrected chi connectivity index (χ1v) is 7.06. The van der Waals surface area contributed by atoms with E-state index in [4.69, 9.17) is 5.11 Å². The second kappa shape index (κ2) is 6.56. The molecule has 5 nitrogen and oxygen atoms in total. The number of carbonyl (C=O) groups is 2. The van der Waals surface area contributed by atoms with Gasteiger partial charge in [0.15, 0.2) is 0 Å². The van der Waals surface area contributed by atoms with Crippen LogP contribution in [0.1, 0.15) is 44.5 Å². The molecule has 1 aromatic heterocycles. The van der Waals surface area contributed by atoms with Gasteiger partial charge in [-0.05, 0) is 31.7 Å². The van der Waals surface area contributed by atoms with Gasteiger partial charge in [0, 0.05) is 10.4 Å². The van der Waals surface area contributed by atoms with Crippen LogP contribution in [0.2, 0.25) is 0 Å². The molecule has 0 spiro atoms. The van der Waals surface area contributed by atoms with Crippen molar-refractivity contribution in [3.63, 3.8) is 0 Å². The molecule has 0 aliphatic heterocycles. The molecule has 2 amide bonds. The Morgan fingerprint density at radius 3 is 2.63 bits per heavy atom. The SMILES string of the molecule is CCC(NC(=O)NC(C)(C)CC(=O)O)c1cccs1. The summed E-state index contributed by atoms with van der Waals surface area (Å²) >= 11 is 1.59. The zero-order chi connectivity index (χ0) is 14.5. The van der Waals surface area contributed by atoms with Gasteiger partial charge < -0.3 is 15.7 Å². The summed E-state index contributed by atoms with van der Waals surface area (Å²) in [5.74, 6) is -0.935. The van der Waals surface area contributed by atoms with E-state index in [2.05, 4.69) is 10.6 Å². The van der Waals surface area contributed by atoms with Crippen molar-refractivity contribution in [2.24, 2.45) is 0 Å². The summed E-state index contributed by atoms with van der Waals surface area (Å²) in [7, 11) is 0. The van der Waals surface area contributed by atoms with E-state index in [9.17, 15) is 9.59 Å². The Kier molecular flexibility index (Phi) is 5.35. The van der Waals surface area contributed by atoms with Gasteiger partial charge in [0.25, 0.3) is 0 Å². The summed E-state index contributed by atoms with van der Waals surface area (Å²) in [5, 5.41) is 16.3. The smallest absolute Gasteiger partial charge is 0.315 e. The molecule has 3 N–H and O–H groups in total. The highest BCUT2D eigenvalue weighted by molar-refractivity contribution is 7.10. The largest absolute Gasteiger partial charge is 0.481 e. The standard InChI is InChI=1S/C13H20N2O3S/c1-4-9(10-6-5-7-19-10)14-12(18)15-13(2,3)8-11(16)17/h5-7,9H,4,8H2,1-3H3,(H,16,17)(H2,14,15,18). The van der Waals surface area contributed by atoms with Crippen LogP contribution in [-0.4, -0.2) is 22.6 Å². The number of rotatable bonds is 6. The van der Waals surface area contributed by atoms with Crippen molar-refractivity contribution in [3.05, 3.63) is 22.4 Å². The molecule has 0 aliphatic carbocycles. The van der Waals surface area contributed by atoms with Gasteiger partial charge in [-0.15, -0.1) is 11.3 Å². The Labute approximate surface area is 117 Å². The summed E-state index contributed by atoms with van der Waals surface area (Å²) in [6, 6.07) is 3.53. The van der Waals surface area contributed by atoms with Gasteiger partial charge in [-0.1, -0.05) is 13.0 Å². The first kappa shape index (κ1) is 15.5. The number of thiophene rings is 1. The van der Waals surface area contributed by atoms with Crippen LogP contribution in [0, 0.1) is 0 Å². The molecule has 0 radical (unpaired) electrons. The minimum absolute atomic E-state index is 0.0411. The van der Waals surface area contributed by atoms with Crippen LogP contribution in [0.4, 0.5) is 4.79 Å². The zero-order valence-corrected chi connectivity index (χ0v) is 12.2. The minimum Gasteiger partial charge on any atom is -0.481 e. The van der Waals surface area contributed by atoms with E-state index in [1.165, 1.54) is 0 Å². The van der Waals surface area contributed by atoms with Gasteiger partial charge in [0.05, 0.1) is 12.5 Å². The molecular formula is C13H20N2O3S. The Balaban J connectivity index is 2.57. The van der Waals surface area contributed by atoms with Gasteiger partial charge in [0.1, 0.15) is 0 Å². The number of urea groups is 1. The highest BCUT2D eigenvalue weighted by Gasteiger charge is 2.25. The second-order valence-electron chi connectivity index (χ2n) is 5.03. The summed E-state index contributed by atoms with van der Waals surface area (Å²) < 4.78 is 0. The lowest BCUT2D eigenvalue weighted by Crippen LogP contribution is -2.50. The molecule has 106 valence electrons. The fourth-order valence-electron chi connectivity index (χ4n) is 1.79. The molecule has 0 fully saturated rings. The van der Waals surface area contributed by atoms with Crippen molar-refractivity contribution in [1.29, 1.82) is 0 Å². The average molecular weight is 284 g/mol. The van der Waals surface area contributed by atoms with Crippen molar-refractivity contribution < 1.29 is 14.7 Å². The third kappa shape index (κ3) is 5.30. The molecule has 0 bridgehead atoms. The predicted octanol–water partition coefficient (Wildman–Crippen LogP) is 2.75. The molecular weight excluding hydrogens is 264 g/mol. The molecule has 1 aromatic rings. The highest BCUT2D eigenvalue weighted by Crippen LogP contribution is 2.21. The fourth-order valence-corrected chi connectivity index (χ4v) is 2.65. The molecule has 1 heterocycles. The molecule has 1 unspecified atom stereocenters. The monoisotopic (exact) mass is 284 g/mol. The predicted molar refractivity (Wildman–Crippen MR) is 75.4 cm³/mol. The van der Waals surface area contributed by atoms with Gasteiger partial charge >= 0.3 is 12.0 Å².